The van der Waals surface area contributed by atoms with Gasteiger partial charge in [0.2, 0.25) is 5.91 Å². The molecular weight excluding hydrogens is 262 g/mol. The summed E-state index contributed by atoms with van der Waals surface area (Å²) >= 11 is 0. The summed E-state index contributed by atoms with van der Waals surface area (Å²) in [6.45, 7) is 11.2. The van der Waals surface area contributed by atoms with Crippen molar-refractivity contribution in [3.8, 4) is 0 Å². The Labute approximate surface area is 128 Å². The van der Waals surface area contributed by atoms with Crippen molar-refractivity contribution in [1.82, 2.24) is 4.90 Å². The summed E-state index contributed by atoms with van der Waals surface area (Å²) in [6, 6.07) is 7.49. The van der Waals surface area contributed by atoms with Gasteiger partial charge in [-0.15, -0.1) is 0 Å². The molecule has 1 atom stereocenters. The van der Waals surface area contributed by atoms with E-state index in [1.54, 1.807) is 0 Å². The third kappa shape index (κ3) is 5.86. The van der Waals surface area contributed by atoms with Crippen LogP contribution < -0.4 is 11.1 Å². The lowest BCUT2D eigenvalue weighted by molar-refractivity contribution is -0.117. The van der Waals surface area contributed by atoms with Gasteiger partial charge in [-0.1, -0.05) is 45.9 Å². The maximum absolute atomic E-state index is 12.2. The number of carbonyl (C=O) groups excluding carboxylic acids is 1. The van der Waals surface area contributed by atoms with E-state index >= 15 is 0 Å². The Kier molecular flexibility index (Phi) is 7.40. The first-order chi connectivity index (χ1) is 9.97. The molecule has 118 valence electrons. The number of para-hydroxylation sites is 1. The highest BCUT2D eigenvalue weighted by Gasteiger charge is 2.16. The van der Waals surface area contributed by atoms with Crippen molar-refractivity contribution >= 4 is 11.6 Å². The molecule has 1 amide bonds. The summed E-state index contributed by atoms with van der Waals surface area (Å²) in [7, 11) is 0. The molecule has 0 radical (unpaired) electrons. The molecule has 1 aromatic carbocycles. The summed E-state index contributed by atoms with van der Waals surface area (Å²) in [5.74, 6) is 0.312. The lowest BCUT2D eigenvalue weighted by Crippen LogP contribution is -2.37. The Bertz CT molecular complexity index is 441. The van der Waals surface area contributed by atoms with Crippen LogP contribution in [0.5, 0.6) is 0 Å². The average molecular weight is 291 g/mol. The molecule has 1 unspecified atom stereocenters. The number of amides is 1. The van der Waals surface area contributed by atoms with Crippen molar-refractivity contribution in [2.24, 2.45) is 11.7 Å². The lowest BCUT2D eigenvalue weighted by Gasteiger charge is -2.21. The zero-order valence-electron chi connectivity index (χ0n) is 13.7. The number of hydrogen-bond donors (Lipinski definition) is 2. The minimum absolute atomic E-state index is 0.101. The van der Waals surface area contributed by atoms with Gasteiger partial charge in [-0.05, 0) is 37.1 Å². The molecule has 1 aromatic rings. The van der Waals surface area contributed by atoms with Crippen molar-refractivity contribution < 1.29 is 4.79 Å². The summed E-state index contributed by atoms with van der Waals surface area (Å²) in [6.07, 6.45) is 0.698. The number of hydrogen-bond acceptors (Lipinski definition) is 3. The minimum Gasteiger partial charge on any atom is -0.324 e. The van der Waals surface area contributed by atoms with Crippen LogP contribution in [0.2, 0.25) is 0 Å². The minimum atomic E-state index is -0.452. The number of anilines is 1. The molecule has 0 fully saturated rings. The van der Waals surface area contributed by atoms with Crippen molar-refractivity contribution in [2.75, 3.05) is 18.4 Å². The van der Waals surface area contributed by atoms with Crippen LogP contribution in [-0.2, 0) is 11.3 Å². The van der Waals surface area contributed by atoms with E-state index in [9.17, 15) is 4.79 Å². The van der Waals surface area contributed by atoms with E-state index in [4.69, 9.17) is 5.73 Å². The summed E-state index contributed by atoms with van der Waals surface area (Å²) in [4.78, 5) is 14.5. The molecule has 0 saturated carbocycles. The van der Waals surface area contributed by atoms with Crippen LogP contribution in [0.4, 0.5) is 5.69 Å². The third-order valence-electron chi connectivity index (χ3n) is 3.63. The Morgan fingerprint density at radius 2 is 1.86 bits per heavy atom. The molecular formula is C17H29N3O. The highest BCUT2D eigenvalue weighted by molar-refractivity contribution is 5.95. The highest BCUT2D eigenvalue weighted by Crippen LogP contribution is 2.18. The Hall–Kier alpha value is -1.39. The van der Waals surface area contributed by atoms with E-state index in [-0.39, 0.29) is 5.91 Å². The van der Waals surface area contributed by atoms with Crippen molar-refractivity contribution in [1.29, 1.82) is 0 Å². The van der Waals surface area contributed by atoms with E-state index in [0.29, 0.717) is 12.3 Å². The zero-order valence-corrected chi connectivity index (χ0v) is 13.7. The quantitative estimate of drug-likeness (QED) is 0.774. The van der Waals surface area contributed by atoms with Gasteiger partial charge in [0.1, 0.15) is 0 Å². The van der Waals surface area contributed by atoms with Crippen LogP contribution >= 0.6 is 0 Å². The second-order valence-electron chi connectivity index (χ2n) is 5.84. The molecule has 0 bridgehead atoms. The fourth-order valence-corrected chi connectivity index (χ4v) is 2.31. The van der Waals surface area contributed by atoms with Gasteiger partial charge in [-0.2, -0.15) is 0 Å². The second-order valence-corrected chi connectivity index (χ2v) is 5.84. The molecule has 0 spiro atoms. The number of nitrogens with zero attached hydrogens (tertiary/aromatic N) is 1. The maximum atomic E-state index is 12.2. The van der Waals surface area contributed by atoms with Gasteiger partial charge in [0.05, 0.1) is 6.04 Å². The predicted octanol–water partition coefficient (Wildman–Crippen LogP) is 2.84. The van der Waals surface area contributed by atoms with Crippen LogP contribution in [0.1, 0.15) is 39.7 Å². The first-order valence-corrected chi connectivity index (χ1v) is 7.84. The molecule has 4 nitrogen and oxygen atoms in total. The van der Waals surface area contributed by atoms with Gasteiger partial charge in [0.15, 0.2) is 0 Å². The van der Waals surface area contributed by atoms with Gasteiger partial charge in [-0.25, -0.2) is 0 Å². The molecule has 0 aromatic heterocycles. The van der Waals surface area contributed by atoms with E-state index in [1.807, 2.05) is 18.2 Å². The maximum Gasteiger partial charge on any atom is 0.241 e. The van der Waals surface area contributed by atoms with E-state index in [2.05, 4.69) is 44.0 Å². The number of nitrogens with one attached hydrogen (secondary N) is 1. The zero-order chi connectivity index (χ0) is 15.8. The number of benzene rings is 1. The van der Waals surface area contributed by atoms with E-state index in [0.717, 1.165) is 30.9 Å². The van der Waals surface area contributed by atoms with Gasteiger partial charge in [-0.3, -0.25) is 9.69 Å². The molecule has 0 saturated heterocycles. The third-order valence-corrected chi connectivity index (χ3v) is 3.63. The second kappa shape index (κ2) is 8.80. The van der Waals surface area contributed by atoms with Crippen LogP contribution in [0.3, 0.4) is 0 Å². The predicted molar refractivity (Wildman–Crippen MR) is 89.1 cm³/mol. The lowest BCUT2D eigenvalue weighted by atomic mass is 10.0. The van der Waals surface area contributed by atoms with Crippen LogP contribution in [0.15, 0.2) is 24.3 Å². The summed E-state index contributed by atoms with van der Waals surface area (Å²) in [5.41, 5.74) is 7.95. The first kappa shape index (κ1) is 17.7. The molecule has 0 heterocycles. The highest BCUT2D eigenvalue weighted by atomic mass is 16.2. The smallest absolute Gasteiger partial charge is 0.241 e. The van der Waals surface area contributed by atoms with Crippen LogP contribution in [-0.4, -0.2) is 29.9 Å². The monoisotopic (exact) mass is 291 g/mol. The SMILES string of the molecule is CCN(CC)Cc1ccccc1NC(=O)C(N)CC(C)C. The summed E-state index contributed by atoms with van der Waals surface area (Å²) < 4.78 is 0. The number of nitrogens with two attached hydrogens (primary N) is 1. The van der Waals surface area contributed by atoms with Gasteiger partial charge in [0, 0.05) is 12.2 Å². The van der Waals surface area contributed by atoms with Crippen molar-refractivity contribution in [3.05, 3.63) is 29.8 Å². The Balaban J connectivity index is 2.76. The van der Waals surface area contributed by atoms with Crippen LogP contribution in [0.25, 0.3) is 0 Å². The van der Waals surface area contributed by atoms with Crippen molar-refractivity contribution in [3.63, 3.8) is 0 Å². The largest absolute Gasteiger partial charge is 0.324 e. The molecule has 0 aliphatic heterocycles. The molecule has 1 rings (SSSR count). The van der Waals surface area contributed by atoms with Gasteiger partial charge >= 0.3 is 0 Å². The Morgan fingerprint density at radius 1 is 1.24 bits per heavy atom. The van der Waals surface area contributed by atoms with Crippen LogP contribution in [0, 0.1) is 5.92 Å². The molecule has 0 aliphatic carbocycles. The average Bonchev–Trinajstić information content (AvgIpc) is 2.45. The molecule has 3 N–H and O–H groups in total. The molecule has 21 heavy (non-hydrogen) atoms. The fraction of sp³-hybridized carbons (Fsp3) is 0.588. The van der Waals surface area contributed by atoms with Crippen molar-refractivity contribution in [2.45, 2.75) is 46.7 Å². The van der Waals surface area contributed by atoms with E-state index < -0.39 is 6.04 Å². The first-order valence-electron chi connectivity index (χ1n) is 7.84. The molecule has 4 heteroatoms. The standard InChI is InChI=1S/C17H29N3O/c1-5-20(6-2)12-14-9-7-8-10-16(14)19-17(21)15(18)11-13(3)4/h7-10,13,15H,5-6,11-12,18H2,1-4H3,(H,19,21). The number of rotatable bonds is 8. The van der Waals surface area contributed by atoms with E-state index in [1.165, 1.54) is 0 Å². The van der Waals surface area contributed by atoms with Gasteiger partial charge in [0.25, 0.3) is 0 Å². The number of carbonyl (C=O) groups is 1. The molecule has 0 aliphatic rings. The normalized spacial score (nSPS) is 12.7. The topological polar surface area (TPSA) is 58.4 Å². The fourth-order valence-electron chi connectivity index (χ4n) is 2.31. The van der Waals surface area contributed by atoms with Gasteiger partial charge < -0.3 is 11.1 Å². The summed E-state index contributed by atoms with van der Waals surface area (Å²) in [5, 5.41) is 2.98. The Morgan fingerprint density at radius 3 is 2.43 bits per heavy atom.